The second-order valence-electron chi connectivity index (χ2n) is 5.12. The van der Waals surface area contributed by atoms with Crippen LogP contribution in [0.15, 0.2) is 23.1 Å². The average Bonchev–Trinajstić information content (AvgIpc) is 2.54. The van der Waals surface area contributed by atoms with E-state index in [9.17, 15) is 9.59 Å². The number of aliphatic carboxylic acids is 1. The van der Waals surface area contributed by atoms with E-state index in [-0.39, 0.29) is 12.6 Å². The molecule has 0 aliphatic carbocycles. The third-order valence-electron chi connectivity index (χ3n) is 3.69. The molecule has 0 spiro atoms. The number of carbonyl (C=O) groups excluding carboxylic acids is 1. The molecule has 2 rings (SSSR count). The SMILES string of the molecule is COc1ccc(NC(=O)N2CCCC(C(=O)O)C2)cc1SC. The van der Waals surface area contributed by atoms with Crippen LogP contribution in [0.4, 0.5) is 10.5 Å². The van der Waals surface area contributed by atoms with Crippen LogP contribution in [-0.4, -0.2) is 48.5 Å². The molecule has 6 nitrogen and oxygen atoms in total. The summed E-state index contributed by atoms with van der Waals surface area (Å²) in [5.74, 6) is -0.557. The number of hydrogen-bond donors (Lipinski definition) is 2. The summed E-state index contributed by atoms with van der Waals surface area (Å²) in [6.07, 6.45) is 3.27. The molecular formula is C15H20N2O4S. The summed E-state index contributed by atoms with van der Waals surface area (Å²) in [6.45, 7) is 0.841. The van der Waals surface area contributed by atoms with E-state index in [1.165, 1.54) is 11.8 Å². The first kappa shape index (κ1) is 16.5. The van der Waals surface area contributed by atoms with Gasteiger partial charge in [0.1, 0.15) is 5.75 Å². The lowest BCUT2D eigenvalue weighted by atomic mass is 9.99. The summed E-state index contributed by atoms with van der Waals surface area (Å²) < 4.78 is 5.24. The number of hydrogen-bond acceptors (Lipinski definition) is 4. The number of benzene rings is 1. The number of thioether (sulfide) groups is 1. The molecule has 1 aromatic carbocycles. The molecule has 1 saturated heterocycles. The van der Waals surface area contributed by atoms with Crippen molar-refractivity contribution in [2.75, 3.05) is 31.8 Å². The number of nitrogens with one attached hydrogen (secondary N) is 1. The van der Waals surface area contributed by atoms with Crippen molar-refractivity contribution in [3.63, 3.8) is 0 Å². The lowest BCUT2D eigenvalue weighted by Gasteiger charge is -2.30. The Bertz CT molecular complexity index is 564. The summed E-state index contributed by atoms with van der Waals surface area (Å²) in [6, 6.07) is 5.16. The van der Waals surface area contributed by atoms with Gasteiger partial charge in [-0.1, -0.05) is 0 Å². The summed E-state index contributed by atoms with van der Waals surface area (Å²) in [5, 5.41) is 11.9. The van der Waals surface area contributed by atoms with Crippen molar-refractivity contribution in [3.8, 4) is 5.75 Å². The zero-order chi connectivity index (χ0) is 16.1. The Kier molecular flexibility index (Phi) is 5.54. The van der Waals surface area contributed by atoms with Gasteiger partial charge in [-0.25, -0.2) is 4.79 Å². The second-order valence-corrected chi connectivity index (χ2v) is 5.97. The number of nitrogens with zero attached hydrogens (tertiary/aromatic N) is 1. The van der Waals surface area contributed by atoms with Gasteiger partial charge >= 0.3 is 12.0 Å². The summed E-state index contributed by atoms with van der Waals surface area (Å²) >= 11 is 1.53. The lowest BCUT2D eigenvalue weighted by molar-refractivity contribution is -0.143. The predicted octanol–water partition coefficient (Wildman–Crippen LogP) is 2.75. The minimum atomic E-state index is -0.841. The number of urea groups is 1. The number of carbonyl (C=O) groups is 2. The van der Waals surface area contributed by atoms with Gasteiger partial charge in [0, 0.05) is 18.8 Å². The van der Waals surface area contributed by atoms with Crippen LogP contribution in [0.1, 0.15) is 12.8 Å². The fourth-order valence-corrected chi connectivity index (χ4v) is 3.08. The maximum atomic E-state index is 12.3. The van der Waals surface area contributed by atoms with Crippen molar-refractivity contribution < 1.29 is 19.4 Å². The van der Waals surface area contributed by atoms with Crippen molar-refractivity contribution >= 4 is 29.4 Å². The van der Waals surface area contributed by atoms with Crippen LogP contribution in [0.2, 0.25) is 0 Å². The summed E-state index contributed by atoms with van der Waals surface area (Å²) in [5.41, 5.74) is 0.674. The number of methoxy groups -OCH3 is 1. The van der Waals surface area contributed by atoms with Crippen LogP contribution in [-0.2, 0) is 4.79 Å². The number of carboxylic acids is 1. The monoisotopic (exact) mass is 324 g/mol. The van der Waals surface area contributed by atoms with Gasteiger partial charge in [0.05, 0.1) is 17.9 Å². The number of carboxylic acid groups (broad SMARTS) is 1. The van der Waals surface area contributed by atoms with E-state index >= 15 is 0 Å². The van der Waals surface area contributed by atoms with Crippen LogP contribution < -0.4 is 10.1 Å². The van der Waals surface area contributed by atoms with Crippen molar-refractivity contribution in [1.82, 2.24) is 4.90 Å². The minimum absolute atomic E-state index is 0.257. The molecule has 1 aliphatic heterocycles. The number of piperidine rings is 1. The predicted molar refractivity (Wildman–Crippen MR) is 85.7 cm³/mol. The molecule has 1 fully saturated rings. The molecule has 0 aromatic heterocycles. The van der Waals surface area contributed by atoms with Crippen molar-refractivity contribution in [2.45, 2.75) is 17.7 Å². The number of amides is 2. The first-order valence-electron chi connectivity index (χ1n) is 7.06. The van der Waals surface area contributed by atoms with Gasteiger partial charge in [-0.3, -0.25) is 4.79 Å². The number of anilines is 1. The zero-order valence-corrected chi connectivity index (χ0v) is 13.5. The van der Waals surface area contributed by atoms with E-state index < -0.39 is 11.9 Å². The van der Waals surface area contributed by atoms with Crippen molar-refractivity contribution in [1.29, 1.82) is 0 Å². The van der Waals surface area contributed by atoms with E-state index in [1.807, 2.05) is 12.3 Å². The molecule has 1 aliphatic rings. The van der Waals surface area contributed by atoms with Gasteiger partial charge in [0.2, 0.25) is 0 Å². The fourth-order valence-electron chi connectivity index (χ4n) is 2.48. The molecule has 7 heteroatoms. The van der Waals surface area contributed by atoms with E-state index in [0.717, 1.165) is 10.6 Å². The number of ether oxygens (including phenoxy) is 1. The first-order valence-corrected chi connectivity index (χ1v) is 8.28. The van der Waals surface area contributed by atoms with Crippen LogP contribution in [0.5, 0.6) is 5.75 Å². The van der Waals surface area contributed by atoms with Crippen LogP contribution >= 0.6 is 11.8 Å². The molecule has 1 aromatic rings. The largest absolute Gasteiger partial charge is 0.496 e. The second kappa shape index (κ2) is 7.40. The van der Waals surface area contributed by atoms with Gasteiger partial charge < -0.3 is 20.1 Å². The van der Waals surface area contributed by atoms with Gasteiger partial charge in [-0.2, -0.15) is 0 Å². The number of likely N-dealkylation sites (tertiary alicyclic amines) is 1. The topological polar surface area (TPSA) is 78.9 Å². The number of rotatable bonds is 4. The van der Waals surface area contributed by atoms with Gasteiger partial charge in [-0.15, -0.1) is 11.8 Å². The molecule has 0 saturated carbocycles. The van der Waals surface area contributed by atoms with Gasteiger partial charge in [0.15, 0.2) is 0 Å². The Hall–Kier alpha value is -1.89. The Morgan fingerprint density at radius 1 is 1.45 bits per heavy atom. The highest BCUT2D eigenvalue weighted by Crippen LogP contribution is 2.30. The molecular weight excluding hydrogens is 304 g/mol. The third-order valence-corrected chi connectivity index (χ3v) is 4.45. The van der Waals surface area contributed by atoms with Crippen molar-refractivity contribution in [2.24, 2.45) is 5.92 Å². The highest BCUT2D eigenvalue weighted by Gasteiger charge is 2.28. The lowest BCUT2D eigenvalue weighted by Crippen LogP contribution is -2.44. The molecule has 0 radical (unpaired) electrons. The molecule has 120 valence electrons. The fraction of sp³-hybridized carbons (Fsp3) is 0.467. The first-order chi connectivity index (χ1) is 10.5. The molecule has 0 bridgehead atoms. The molecule has 2 N–H and O–H groups in total. The van der Waals surface area contributed by atoms with E-state index in [0.29, 0.717) is 25.1 Å². The molecule has 22 heavy (non-hydrogen) atoms. The normalized spacial score (nSPS) is 17.9. The van der Waals surface area contributed by atoms with Crippen LogP contribution in [0, 0.1) is 5.92 Å². The minimum Gasteiger partial charge on any atom is -0.496 e. The smallest absolute Gasteiger partial charge is 0.321 e. The van der Waals surface area contributed by atoms with Crippen molar-refractivity contribution in [3.05, 3.63) is 18.2 Å². The molecule has 1 unspecified atom stereocenters. The Balaban J connectivity index is 2.04. The maximum absolute atomic E-state index is 12.3. The quantitative estimate of drug-likeness (QED) is 0.833. The van der Waals surface area contributed by atoms with E-state index in [4.69, 9.17) is 9.84 Å². The van der Waals surface area contributed by atoms with Gasteiger partial charge in [-0.05, 0) is 37.3 Å². The summed E-state index contributed by atoms with van der Waals surface area (Å²) in [4.78, 5) is 25.8. The standard InChI is InChI=1S/C15H20N2O4S/c1-21-12-6-5-11(8-13(12)22-2)16-15(20)17-7-3-4-10(9-17)14(18)19/h5-6,8,10H,3-4,7,9H2,1-2H3,(H,16,20)(H,18,19). The van der Waals surface area contributed by atoms with Crippen LogP contribution in [0.3, 0.4) is 0 Å². The Morgan fingerprint density at radius 3 is 2.86 bits per heavy atom. The molecule has 2 amide bonds. The maximum Gasteiger partial charge on any atom is 0.321 e. The summed E-state index contributed by atoms with van der Waals surface area (Å²) in [7, 11) is 1.60. The highest BCUT2D eigenvalue weighted by atomic mass is 32.2. The van der Waals surface area contributed by atoms with Crippen LogP contribution in [0.25, 0.3) is 0 Å². The zero-order valence-electron chi connectivity index (χ0n) is 12.7. The Labute approximate surface area is 133 Å². The molecule has 1 heterocycles. The van der Waals surface area contributed by atoms with E-state index in [2.05, 4.69) is 5.32 Å². The van der Waals surface area contributed by atoms with Gasteiger partial charge in [0.25, 0.3) is 0 Å². The van der Waals surface area contributed by atoms with E-state index in [1.54, 1.807) is 24.1 Å². The Morgan fingerprint density at radius 2 is 2.23 bits per heavy atom. The highest BCUT2D eigenvalue weighted by molar-refractivity contribution is 7.98. The average molecular weight is 324 g/mol. The molecule has 1 atom stereocenters. The third kappa shape index (κ3) is 3.85.